The van der Waals surface area contributed by atoms with Gasteiger partial charge in [-0.15, -0.1) is 6.58 Å². The first-order chi connectivity index (χ1) is 6.85. The van der Waals surface area contributed by atoms with Crippen LogP contribution in [-0.2, 0) is 9.47 Å². The molecule has 0 rings (SSSR count). The summed E-state index contributed by atoms with van der Waals surface area (Å²) in [5, 5.41) is 3.39. The van der Waals surface area contributed by atoms with E-state index in [1.807, 2.05) is 6.08 Å². The van der Waals surface area contributed by atoms with E-state index in [0.29, 0.717) is 19.3 Å². The van der Waals surface area contributed by atoms with Gasteiger partial charge in [-0.1, -0.05) is 13.0 Å². The fourth-order valence-electron chi connectivity index (χ4n) is 1.26. The molecule has 0 saturated heterocycles. The first-order valence-electron chi connectivity index (χ1n) is 5.26. The van der Waals surface area contributed by atoms with E-state index in [0.717, 1.165) is 26.0 Å². The lowest BCUT2D eigenvalue weighted by atomic mass is 10.1. The molecule has 0 heterocycles. The topological polar surface area (TPSA) is 30.5 Å². The van der Waals surface area contributed by atoms with E-state index in [2.05, 4.69) is 18.8 Å². The number of nitrogens with one attached hydrogen (secondary N) is 1. The summed E-state index contributed by atoms with van der Waals surface area (Å²) in [5.74, 6) is 0. The van der Waals surface area contributed by atoms with Crippen LogP contribution in [-0.4, -0.2) is 39.5 Å². The van der Waals surface area contributed by atoms with Crippen molar-refractivity contribution in [3.05, 3.63) is 12.7 Å². The molecule has 0 amide bonds. The van der Waals surface area contributed by atoms with Gasteiger partial charge in [0.25, 0.3) is 0 Å². The van der Waals surface area contributed by atoms with E-state index in [1.165, 1.54) is 0 Å². The average Bonchev–Trinajstić information content (AvgIpc) is 2.18. The first-order valence-corrected chi connectivity index (χ1v) is 5.26. The summed E-state index contributed by atoms with van der Waals surface area (Å²) in [5.41, 5.74) is 0. The van der Waals surface area contributed by atoms with Gasteiger partial charge in [0.15, 0.2) is 0 Å². The smallest absolute Gasteiger partial charge is 0.0700 e. The standard InChI is InChI=1S/C11H23NO2/c1-4-6-11(12-5-2)7-8-14-10-9-13-3/h4,11-12H,1,5-10H2,2-3H3. The Labute approximate surface area is 87.5 Å². The zero-order chi connectivity index (χ0) is 10.6. The van der Waals surface area contributed by atoms with Crippen LogP contribution in [0, 0.1) is 0 Å². The highest BCUT2D eigenvalue weighted by Gasteiger charge is 2.03. The van der Waals surface area contributed by atoms with E-state index in [-0.39, 0.29) is 0 Å². The van der Waals surface area contributed by atoms with Gasteiger partial charge in [0.1, 0.15) is 0 Å². The molecule has 14 heavy (non-hydrogen) atoms. The Morgan fingerprint density at radius 1 is 1.36 bits per heavy atom. The molecule has 1 atom stereocenters. The summed E-state index contributed by atoms with van der Waals surface area (Å²) in [4.78, 5) is 0. The Kier molecular flexibility index (Phi) is 10.4. The zero-order valence-electron chi connectivity index (χ0n) is 9.42. The van der Waals surface area contributed by atoms with Crippen molar-refractivity contribution in [2.75, 3.05) is 33.5 Å². The maximum absolute atomic E-state index is 5.40. The van der Waals surface area contributed by atoms with E-state index in [1.54, 1.807) is 7.11 Å². The number of methoxy groups -OCH3 is 1. The summed E-state index contributed by atoms with van der Waals surface area (Å²) in [7, 11) is 1.68. The van der Waals surface area contributed by atoms with Crippen LogP contribution in [0.1, 0.15) is 19.8 Å². The van der Waals surface area contributed by atoms with Crippen molar-refractivity contribution in [3.8, 4) is 0 Å². The van der Waals surface area contributed by atoms with Crippen molar-refractivity contribution >= 4 is 0 Å². The molecule has 0 spiro atoms. The van der Waals surface area contributed by atoms with Crippen LogP contribution in [0.25, 0.3) is 0 Å². The van der Waals surface area contributed by atoms with Crippen LogP contribution < -0.4 is 5.32 Å². The SMILES string of the molecule is C=CCC(CCOCCOC)NCC. The van der Waals surface area contributed by atoms with Gasteiger partial charge in [0, 0.05) is 19.8 Å². The summed E-state index contributed by atoms with van der Waals surface area (Å²) >= 11 is 0. The molecule has 1 N–H and O–H groups in total. The van der Waals surface area contributed by atoms with Gasteiger partial charge in [-0.3, -0.25) is 0 Å². The van der Waals surface area contributed by atoms with Crippen LogP contribution >= 0.6 is 0 Å². The quantitative estimate of drug-likeness (QED) is 0.430. The minimum Gasteiger partial charge on any atom is -0.382 e. The monoisotopic (exact) mass is 201 g/mol. The highest BCUT2D eigenvalue weighted by Crippen LogP contribution is 1.99. The molecule has 3 heteroatoms. The lowest BCUT2D eigenvalue weighted by Gasteiger charge is -2.15. The van der Waals surface area contributed by atoms with Gasteiger partial charge in [0.05, 0.1) is 13.2 Å². The van der Waals surface area contributed by atoms with Gasteiger partial charge >= 0.3 is 0 Å². The Balaban J connectivity index is 3.35. The zero-order valence-corrected chi connectivity index (χ0v) is 9.42. The molecule has 0 aliphatic heterocycles. The number of hydrogen-bond donors (Lipinski definition) is 1. The molecule has 0 aromatic carbocycles. The second kappa shape index (κ2) is 10.7. The predicted molar refractivity (Wildman–Crippen MR) is 59.6 cm³/mol. The Bertz CT molecular complexity index is 128. The van der Waals surface area contributed by atoms with E-state index >= 15 is 0 Å². The minimum absolute atomic E-state index is 0.500. The van der Waals surface area contributed by atoms with Crippen molar-refractivity contribution in [1.82, 2.24) is 5.32 Å². The lowest BCUT2D eigenvalue weighted by molar-refractivity contribution is 0.0660. The first kappa shape index (κ1) is 13.6. The van der Waals surface area contributed by atoms with Crippen LogP contribution in [0.2, 0.25) is 0 Å². The molecule has 0 radical (unpaired) electrons. The second-order valence-corrected chi connectivity index (χ2v) is 3.17. The van der Waals surface area contributed by atoms with Crippen LogP contribution in [0.3, 0.4) is 0 Å². The Morgan fingerprint density at radius 3 is 2.71 bits per heavy atom. The van der Waals surface area contributed by atoms with Crippen LogP contribution in [0.5, 0.6) is 0 Å². The highest BCUT2D eigenvalue weighted by atomic mass is 16.5. The summed E-state index contributed by atoms with van der Waals surface area (Å²) in [6, 6.07) is 0.500. The third-order valence-corrected chi connectivity index (χ3v) is 1.99. The van der Waals surface area contributed by atoms with Crippen LogP contribution in [0.15, 0.2) is 12.7 Å². The lowest BCUT2D eigenvalue weighted by Crippen LogP contribution is -2.29. The molecular weight excluding hydrogens is 178 g/mol. The third kappa shape index (κ3) is 8.23. The molecule has 0 aromatic heterocycles. The van der Waals surface area contributed by atoms with Crippen molar-refractivity contribution in [1.29, 1.82) is 0 Å². The third-order valence-electron chi connectivity index (χ3n) is 1.99. The number of rotatable bonds is 10. The summed E-state index contributed by atoms with van der Waals surface area (Å²) < 4.78 is 10.3. The molecule has 0 bridgehead atoms. The Morgan fingerprint density at radius 2 is 2.14 bits per heavy atom. The fourth-order valence-corrected chi connectivity index (χ4v) is 1.26. The summed E-state index contributed by atoms with van der Waals surface area (Å²) in [6.45, 7) is 8.99. The van der Waals surface area contributed by atoms with Gasteiger partial charge in [0.2, 0.25) is 0 Å². The van der Waals surface area contributed by atoms with Crippen LogP contribution in [0.4, 0.5) is 0 Å². The maximum atomic E-state index is 5.40. The van der Waals surface area contributed by atoms with E-state index < -0.39 is 0 Å². The van der Waals surface area contributed by atoms with E-state index in [9.17, 15) is 0 Å². The molecule has 84 valence electrons. The largest absolute Gasteiger partial charge is 0.382 e. The second-order valence-electron chi connectivity index (χ2n) is 3.17. The highest BCUT2D eigenvalue weighted by molar-refractivity contribution is 4.77. The van der Waals surface area contributed by atoms with Crippen molar-refractivity contribution < 1.29 is 9.47 Å². The molecule has 0 fully saturated rings. The van der Waals surface area contributed by atoms with Crippen molar-refractivity contribution in [2.45, 2.75) is 25.8 Å². The molecule has 1 unspecified atom stereocenters. The molecule has 3 nitrogen and oxygen atoms in total. The number of hydrogen-bond acceptors (Lipinski definition) is 3. The molecule has 0 aliphatic rings. The maximum Gasteiger partial charge on any atom is 0.0700 e. The minimum atomic E-state index is 0.500. The van der Waals surface area contributed by atoms with Gasteiger partial charge in [-0.05, 0) is 19.4 Å². The van der Waals surface area contributed by atoms with Crippen molar-refractivity contribution in [2.24, 2.45) is 0 Å². The summed E-state index contributed by atoms with van der Waals surface area (Å²) in [6.07, 6.45) is 3.98. The molecule has 0 saturated carbocycles. The number of ether oxygens (including phenoxy) is 2. The van der Waals surface area contributed by atoms with Crippen molar-refractivity contribution in [3.63, 3.8) is 0 Å². The molecular formula is C11H23NO2. The molecule has 0 aliphatic carbocycles. The van der Waals surface area contributed by atoms with Gasteiger partial charge < -0.3 is 14.8 Å². The molecule has 0 aromatic rings. The normalized spacial score (nSPS) is 12.7. The van der Waals surface area contributed by atoms with Gasteiger partial charge in [-0.25, -0.2) is 0 Å². The Hall–Kier alpha value is -0.380. The fraction of sp³-hybridized carbons (Fsp3) is 0.818. The predicted octanol–water partition coefficient (Wildman–Crippen LogP) is 1.59. The van der Waals surface area contributed by atoms with E-state index in [4.69, 9.17) is 9.47 Å². The average molecular weight is 201 g/mol. The van der Waals surface area contributed by atoms with Gasteiger partial charge in [-0.2, -0.15) is 0 Å².